The maximum atomic E-state index is 13.3. The molecule has 0 spiro atoms. The number of fused-ring (bicyclic) bond motifs is 1. The van der Waals surface area contributed by atoms with Crippen LogP contribution in [0.25, 0.3) is 0 Å². The van der Waals surface area contributed by atoms with Gasteiger partial charge in [-0.15, -0.1) is 0 Å². The summed E-state index contributed by atoms with van der Waals surface area (Å²) in [7, 11) is 0. The largest absolute Gasteiger partial charge is 0.329 e. The van der Waals surface area contributed by atoms with Gasteiger partial charge in [0.2, 0.25) is 0 Å². The lowest BCUT2D eigenvalue weighted by Gasteiger charge is -2.42. The van der Waals surface area contributed by atoms with Crippen LogP contribution >= 0.6 is 0 Å². The summed E-state index contributed by atoms with van der Waals surface area (Å²) in [4.78, 5) is 2.57. The summed E-state index contributed by atoms with van der Waals surface area (Å²) in [5, 5.41) is 0. The van der Waals surface area contributed by atoms with E-state index in [0.717, 1.165) is 31.8 Å². The minimum Gasteiger partial charge on any atom is -0.329 e. The van der Waals surface area contributed by atoms with Gasteiger partial charge in [0.15, 0.2) is 0 Å². The van der Waals surface area contributed by atoms with Gasteiger partial charge in [0.25, 0.3) is 0 Å². The fourth-order valence-electron chi connectivity index (χ4n) is 3.82. The second-order valence-corrected chi connectivity index (χ2v) is 6.15. The Hall–Kier alpha value is -0.930. The second kappa shape index (κ2) is 5.22. The number of benzene rings is 1. The summed E-state index contributed by atoms with van der Waals surface area (Å²) < 4.78 is 13.3. The van der Waals surface area contributed by atoms with Crippen LogP contribution in [0.15, 0.2) is 18.2 Å². The molecule has 19 heavy (non-hydrogen) atoms. The van der Waals surface area contributed by atoms with Gasteiger partial charge < -0.3 is 5.73 Å². The number of hydrogen-bond donors (Lipinski definition) is 1. The molecular formula is C16H23FN2. The van der Waals surface area contributed by atoms with Crippen LogP contribution in [0.4, 0.5) is 4.39 Å². The number of hydrogen-bond acceptors (Lipinski definition) is 2. The summed E-state index contributed by atoms with van der Waals surface area (Å²) in [5.74, 6) is 0.668. The fraction of sp³-hybridized carbons (Fsp3) is 0.625. The van der Waals surface area contributed by atoms with Gasteiger partial charge in [-0.1, -0.05) is 13.0 Å². The van der Waals surface area contributed by atoms with Gasteiger partial charge in [0, 0.05) is 18.6 Å². The van der Waals surface area contributed by atoms with Crippen molar-refractivity contribution >= 4 is 0 Å². The van der Waals surface area contributed by atoms with Crippen molar-refractivity contribution in [3.63, 3.8) is 0 Å². The minimum atomic E-state index is -0.109. The first-order valence-corrected chi connectivity index (χ1v) is 7.43. The van der Waals surface area contributed by atoms with Crippen LogP contribution in [0.3, 0.4) is 0 Å². The third-order valence-electron chi connectivity index (χ3n) is 4.85. The maximum Gasteiger partial charge on any atom is 0.123 e. The van der Waals surface area contributed by atoms with E-state index < -0.39 is 0 Å². The Kier molecular flexibility index (Phi) is 3.59. The van der Waals surface area contributed by atoms with Crippen LogP contribution in [0.2, 0.25) is 0 Å². The average molecular weight is 262 g/mol. The predicted molar refractivity (Wildman–Crippen MR) is 75.4 cm³/mol. The Morgan fingerprint density at radius 2 is 2.21 bits per heavy atom. The van der Waals surface area contributed by atoms with Crippen molar-refractivity contribution in [1.82, 2.24) is 4.90 Å². The van der Waals surface area contributed by atoms with Crippen molar-refractivity contribution in [3.05, 3.63) is 35.1 Å². The number of aryl methyl sites for hydroxylation is 1. The number of nitrogens with zero attached hydrogens (tertiary/aromatic N) is 1. The standard InChI is InChI=1S/C16H23FN2/c1-11-6-7-19(14(8-11)10-18)16-5-2-12-9-13(17)3-4-15(12)16/h3-4,9,11,14,16H,2,5-8,10,18H2,1H3. The molecule has 104 valence electrons. The lowest BCUT2D eigenvalue weighted by atomic mass is 9.90. The zero-order chi connectivity index (χ0) is 13.4. The highest BCUT2D eigenvalue weighted by Crippen LogP contribution is 2.39. The van der Waals surface area contributed by atoms with Crippen molar-refractivity contribution in [2.24, 2.45) is 11.7 Å². The monoisotopic (exact) mass is 262 g/mol. The fourth-order valence-corrected chi connectivity index (χ4v) is 3.82. The third-order valence-corrected chi connectivity index (χ3v) is 4.85. The van der Waals surface area contributed by atoms with E-state index in [9.17, 15) is 4.39 Å². The van der Waals surface area contributed by atoms with E-state index in [0.29, 0.717) is 12.1 Å². The van der Waals surface area contributed by atoms with Crippen LogP contribution < -0.4 is 5.73 Å². The molecule has 3 atom stereocenters. The van der Waals surface area contributed by atoms with E-state index in [2.05, 4.69) is 11.8 Å². The van der Waals surface area contributed by atoms with Crippen molar-refractivity contribution < 1.29 is 4.39 Å². The molecule has 0 aromatic heterocycles. The predicted octanol–water partition coefficient (Wildman–Crippen LogP) is 2.87. The molecule has 0 saturated carbocycles. The quantitative estimate of drug-likeness (QED) is 0.888. The lowest BCUT2D eigenvalue weighted by molar-refractivity contribution is 0.0759. The first-order valence-electron chi connectivity index (χ1n) is 7.43. The van der Waals surface area contributed by atoms with Crippen LogP contribution in [-0.2, 0) is 6.42 Å². The molecule has 2 aliphatic rings. The number of piperidine rings is 1. The summed E-state index contributed by atoms with van der Waals surface area (Å²) in [6.45, 7) is 4.18. The molecule has 1 fully saturated rings. The Morgan fingerprint density at radius 3 is 3.00 bits per heavy atom. The maximum absolute atomic E-state index is 13.3. The van der Waals surface area contributed by atoms with Crippen molar-refractivity contribution in [3.8, 4) is 0 Å². The number of rotatable bonds is 2. The smallest absolute Gasteiger partial charge is 0.123 e. The minimum absolute atomic E-state index is 0.109. The van der Waals surface area contributed by atoms with Gasteiger partial charge in [-0.25, -0.2) is 4.39 Å². The molecule has 0 bridgehead atoms. The van der Waals surface area contributed by atoms with Gasteiger partial charge in [-0.05, 0) is 61.4 Å². The van der Waals surface area contributed by atoms with E-state index in [4.69, 9.17) is 5.73 Å². The Bertz CT molecular complexity index is 460. The molecule has 1 heterocycles. The molecule has 0 amide bonds. The summed E-state index contributed by atoms with van der Waals surface area (Å²) in [5.41, 5.74) is 8.49. The average Bonchev–Trinajstić information content (AvgIpc) is 2.81. The molecule has 3 heteroatoms. The third kappa shape index (κ3) is 2.41. The number of nitrogens with two attached hydrogens (primary N) is 1. The van der Waals surface area contributed by atoms with E-state index >= 15 is 0 Å². The van der Waals surface area contributed by atoms with E-state index in [-0.39, 0.29) is 5.82 Å². The van der Waals surface area contributed by atoms with Crippen LogP contribution in [0, 0.1) is 11.7 Å². The Balaban J connectivity index is 1.84. The molecule has 1 aromatic rings. The van der Waals surface area contributed by atoms with E-state index in [1.54, 1.807) is 12.1 Å². The summed E-state index contributed by atoms with van der Waals surface area (Å²) >= 11 is 0. The number of likely N-dealkylation sites (tertiary alicyclic amines) is 1. The van der Waals surface area contributed by atoms with Crippen LogP contribution in [0.1, 0.15) is 43.4 Å². The molecular weight excluding hydrogens is 239 g/mol. The molecule has 3 rings (SSSR count). The molecule has 1 saturated heterocycles. The molecule has 0 radical (unpaired) electrons. The Morgan fingerprint density at radius 1 is 1.37 bits per heavy atom. The van der Waals surface area contributed by atoms with Gasteiger partial charge in [-0.2, -0.15) is 0 Å². The highest BCUT2D eigenvalue weighted by atomic mass is 19.1. The van der Waals surface area contributed by atoms with Crippen LogP contribution in [0.5, 0.6) is 0 Å². The SMILES string of the molecule is CC1CCN(C2CCc3cc(F)ccc32)C(CN)C1. The van der Waals surface area contributed by atoms with Gasteiger partial charge >= 0.3 is 0 Å². The van der Waals surface area contributed by atoms with E-state index in [1.807, 2.05) is 6.07 Å². The zero-order valence-corrected chi connectivity index (χ0v) is 11.6. The zero-order valence-electron chi connectivity index (χ0n) is 11.6. The molecule has 1 aliphatic heterocycles. The van der Waals surface area contributed by atoms with Crippen molar-refractivity contribution in [2.45, 2.75) is 44.7 Å². The summed E-state index contributed by atoms with van der Waals surface area (Å²) in [6.07, 6.45) is 4.57. The first-order chi connectivity index (χ1) is 9.19. The highest BCUT2D eigenvalue weighted by Gasteiger charge is 2.34. The van der Waals surface area contributed by atoms with Gasteiger partial charge in [0.05, 0.1) is 0 Å². The molecule has 2 nitrogen and oxygen atoms in total. The number of halogens is 1. The van der Waals surface area contributed by atoms with E-state index in [1.165, 1.54) is 24.0 Å². The highest BCUT2D eigenvalue weighted by molar-refractivity contribution is 5.35. The topological polar surface area (TPSA) is 29.3 Å². The van der Waals surface area contributed by atoms with Crippen molar-refractivity contribution in [1.29, 1.82) is 0 Å². The summed E-state index contributed by atoms with van der Waals surface area (Å²) in [6, 6.07) is 6.23. The first kappa shape index (κ1) is 13.1. The lowest BCUT2D eigenvalue weighted by Crippen LogP contribution is -2.47. The molecule has 1 aliphatic carbocycles. The molecule has 1 aromatic carbocycles. The van der Waals surface area contributed by atoms with Crippen LogP contribution in [-0.4, -0.2) is 24.0 Å². The van der Waals surface area contributed by atoms with Gasteiger partial charge in [0.1, 0.15) is 5.82 Å². The Labute approximate surface area is 114 Å². The normalized spacial score (nSPS) is 31.4. The molecule has 3 unspecified atom stereocenters. The van der Waals surface area contributed by atoms with Gasteiger partial charge in [-0.3, -0.25) is 4.90 Å². The molecule has 2 N–H and O–H groups in total. The van der Waals surface area contributed by atoms with Crippen molar-refractivity contribution in [2.75, 3.05) is 13.1 Å². The second-order valence-electron chi connectivity index (χ2n) is 6.15.